The first-order chi connectivity index (χ1) is 8.49. The van der Waals surface area contributed by atoms with Crippen LogP contribution in [-0.2, 0) is 13.5 Å². The molecule has 0 aromatic carbocycles. The van der Waals surface area contributed by atoms with E-state index in [1.165, 1.54) is 6.07 Å². The number of pyridine rings is 1. The summed E-state index contributed by atoms with van der Waals surface area (Å²) in [5.74, 6) is -0.374. The molecule has 0 fully saturated rings. The van der Waals surface area contributed by atoms with Crippen LogP contribution in [0.15, 0.2) is 18.3 Å². The maximum absolute atomic E-state index is 12.8. The summed E-state index contributed by atoms with van der Waals surface area (Å²) in [5.41, 5.74) is 8.43. The van der Waals surface area contributed by atoms with Crippen molar-refractivity contribution in [2.45, 2.75) is 19.4 Å². The summed E-state index contributed by atoms with van der Waals surface area (Å²) in [6.45, 7) is 1.88. The fourth-order valence-electron chi connectivity index (χ4n) is 1.84. The lowest BCUT2D eigenvalue weighted by Crippen LogP contribution is -2.15. The lowest BCUT2D eigenvalue weighted by atomic mass is 10.0. The molecule has 2 N–H and O–H groups in total. The number of hydrogen-bond acceptors (Lipinski definition) is 3. The predicted octanol–water partition coefficient (Wildman–Crippen LogP) is 2.16. The third kappa shape index (κ3) is 2.52. The molecule has 1 atom stereocenters. The van der Waals surface area contributed by atoms with Crippen LogP contribution in [0.4, 0.5) is 4.39 Å². The minimum atomic E-state index is -0.374. The molecule has 0 spiro atoms. The Bertz CT molecular complexity index is 550. The molecular weight excluding hydrogens is 255 g/mol. The maximum Gasteiger partial charge on any atom is 0.141 e. The third-order valence-electron chi connectivity index (χ3n) is 2.82. The largest absolute Gasteiger partial charge is 0.322 e. The van der Waals surface area contributed by atoms with Crippen molar-refractivity contribution in [1.82, 2.24) is 14.8 Å². The number of halogens is 2. The molecule has 18 heavy (non-hydrogen) atoms. The van der Waals surface area contributed by atoms with Crippen molar-refractivity contribution >= 4 is 11.6 Å². The summed E-state index contributed by atoms with van der Waals surface area (Å²) >= 11 is 6.14. The Labute approximate surface area is 110 Å². The summed E-state index contributed by atoms with van der Waals surface area (Å²) in [6.07, 6.45) is 1.68. The van der Waals surface area contributed by atoms with E-state index in [1.807, 2.05) is 6.92 Å². The molecule has 2 rings (SSSR count). The van der Waals surface area contributed by atoms with Crippen molar-refractivity contribution in [2.75, 3.05) is 0 Å². The van der Waals surface area contributed by atoms with Gasteiger partial charge in [0.25, 0.3) is 0 Å². The second kappa shape index (κ2) is 5.04. The molecule has 2 heterocycles. The highest BCUT2D eigenvalue weighted by Crippen LogP contribution is 2.23. The van der Waals surface area contributed by atoms with Gasteiger partial charge in [0.15, 0.2) is 0 Å². The Kier molecular flexibility index (Phi) is 3.63. The van der Waals surface area contributed by atoms with E-state index in [0.717, 1.165) is 17.5 Å². The number of aromatic nitrogens is 3. The zero-order valence-electron chi connectivity index (χ0n) is 10.2. The van der Waals surface area contributed by atoms with Crippen molar-refractivity contribution in [3.05, 3.63) is 46.3 Å². The monoisotopic (exact) mass is 268 g/mol. The summed E-state index contributed by atoms with van der Waals surface area (Å²) in [5, 5.41) is 4.79. The maximum atomic E-state index is 12.8. The number of aryl methyl sites for hydroxylation is 2. The SMILES string of the molecule is Cc1nn(C)c(Cl)c1CC(N)c1ccc(F)cn1. The third-order valence-corrected chi connectivity index (χ3v) is 3.30. The summed E-state index contributed by atoms with van der Waals surface area (Å²) in [7, 11) is 1.78. The number of nitrogens with two attached hydrogens (primary N) is 1. The van der Waals surface area contributed by atoms with E-state index in [1.54, 1.807) is 17.8 Å². The molecule has 2 aromatic rings. The second-order valence-corrected chi connectivity index (χ2v) is 4.55. The average Bonchev–Trinajstić information content (AvgIpc) is 2.57. The molecule has 6 heteroatoms. The van der Waals surface area contributed by atoms with E-state index in [4.69, 9.17) is 17.3 Å². The van der Waals surface area contributed by atoms with Crippen LogP contribution < -0.4 is 5.73 Å². The average molecular weight is 269 g/mol. The van der Waals surface area contributed by atoms with Crippen molar-refractivity contribution in [2.24, 2.45) is 12.8 Å². The minimum absolute atomic E-state index is 0.328. The molecular formula is C12H14ClFN4. The smallest absolute Gasteiger partial charge is 0.141 e. The molecule has 96 valence electrons. The highest BCUT2D eigenvalue weighted by molar-refractivity contribution is 6.30. The van der Waals surface area contributed by atoms with Gasteiger partial charge in [-0.2, -0.15) is 5.10 Å². The first kappa shape index (κ1) is 13.0. The van der Waals surface area contributed by atoms with Crippen LogP contribution in [0.1, 0.15) is 23.0 Å². The normalized spacial score (nSPS) is 12.7. The van der Waals surface area contributed by atoms with Crippen LogP contribution in [0, 0.1) is 12.7 Å². The molecule has 0 saturated heterocycles. The Balaban J connectivity index is 2.21. The van der Waals surface area contributed by atoms with Gasteiger partial charge in [0, 0.05) is 12.6 Å². The topological polar surface area (TPSA) is 56.7 Å². The highest BCUT2D eigenvalue weighted by Gasteiger charge is 2.16. The van der Waals surface area contributed by atoms with Gasteiger partial charge in [0.05, 0.1) is 23.6 Å². The zero-order chi connectivity index (χ0) is 13.3. The molecule has 4 nitrogen and oxygen atoms in total. The van der Waals surface area contributed by atoms with Gasteiger partial charge in [-0.25, -0.2) is 4.39 Å². The Hall–Kier alpha value is -1.46. The number of rotatable bonds is 3. The molecule has 0 aliphatic carbocycles. The Morgan fingerprint density at radius 1 is 1.50 bits per heavy atom. The van der Waals surface area contributed by atoms with Gasteiger partial charge in [-0.3, -0.25) is 9.67 Å². The van der Waals surface area contributed by atoms with Crippen molar-refractivity contribution in [3.8, 4) is 0 Å². The van der Waals surface area contributed by atoms with Crippen molar-refractivity contribution in [1.29, 1.82) is 0 Å². The van der Waals surface area contributed by atoms with Crippen molar-refractivity contribution in [3.63, 3.8) is 0 Å². The van der Waals surface area contributed by atoms with Crippen LogP contribution in [0.3, 0.4) is 0 Å². The predicted molar refractivity (Wildman–Crippen MR) is 67.8 cm³/mol. The molecule has 2 aromatic heterocycles. The summed E-state index contributed by atoms with van der Waals surface area (Å²) in [6, 6.07) is 2.60. The van der Waals surface area contributed by atoms with Crippen LogP contribution in [0.25, 0.3) is 0 Å². The summed E-state index contributed by atoms with van der Waals surface area (Å²) in [4.78, 5) is 3.97. The van der Waals surface area contributed by atoms with Gasteiger partial charge in [0.1, 0.15) is 11.0 Å². The van der Waals surface area contributed by atoms with Crippen LogP contribution in [0.5, 0.6) is 0 Å². The van der Waals surface area contributed by atoms with Crippen LogP contribution >= 0.6 is 11.6 Å². The molecule has 0 amide bonds. The Morgan fingerprint density at radius 3 is 2.72 bits per heavy atom. The lowest BCUT2D eigenvalue weighted by Gasteiger charge is -2.10. The molecule has 1 unspecified atom stereocenters. The van der Waals surface area contributed by atoms with Gasteiger partial charge >= 0.3 is 0 Å². The van der Waals surface area contributed by atoms with E-state index in [2.05, 4.69) is 10.1 Å². The van der Waals surface area contributed by atoms with Gasteiger partial charge in [-0.05, 0) is 25.5 Å². The molecule has 0 radical (unpaired) electrons. The quantitative estimate of drug-likeness (QED) is 0.928. The van der Waals surface area contributed by atoms with Gasteiger partial charge < -0.3 is 5.73 Å². The fourth-order valence-corrected chi connectivity index (χ4v) is 2.09. The van der Waals surface area contributed by atoms with E-state index < -0.39 is 0 Å². The molecule has 0 aliphatic rings. The molecule has 0 bridgehead atoms. The first-order valence-electron chi connectivity index (χ1n) is 5.54. The van der Waals surface area contributed by atoms with Gasteiger partial charge in [0.2, 0.25) is 0 Å². The van der Waals surface area contributed by atoms with Crippen LogP contribution in [-0.4, -0.2) is 14.8 Å². The van der Waals surface area contributed by atoms with Gasteiger partial charge in [-0.15, -0.1) is 0 Å². The van der Waals surface area contributed by atoms with Crippen molar-refractivity contribution < 1.29 is 4.39 Å². The van der Waals surface area contributed by atoms with E-state index in [9.17, 15) is 4.39 Å². The fraction of sp³-hybridized carbons (Fsp3) is 0.333. The van der Waals surface area contributed by atoms with E-state index >= 15 is 0 Å². The first-order valence-corrected chi connectivity index (χ1v) is 5.92. The number of hydrogen-bond donors (Lipinski definition) is 1. The summed E-state index contributed by atoms with van der Waals surface area (Å²) < 4.78 is 14.4. The number of nitrogens with zero attached hydrogens (tertiary/aromatic N) is 3. The lowest BCUT2D eigenvalue weighted by molar-refractivity contribution is 0.612. The Morgan fingerprint density at radius 2 is 2.22 bits per heavy atom. The van der Waals surface area contributed by atoms with E-state index in [-0.39, 0.29) is 11.9 Å². The van der Waals surface area contributed by atoms with E-state index in [0.29, 0.717) is 17.3 Å². The minimum Gasteiger partial charge on any atom is -0.322 e. The zero-order valence-corrected chi connectivity index (χ0v) is 10.9. The second-order valence-electron chi connectivity index (χ2n) is 4.19. The standard InChI is InChI=1S/C12H14ClFN4/c1-7-9(12(13)18(2)17-7)5-10(15)11-4-3-8(14)6-16-11/h3-4,6,10H,5,15H2,1-2H3. The molecule has 0 saturated carbocycles. The van der Waals surface area contributed by atoms with Crippen LogP contribution in [0.2, 0.25) is 5.15 Å². The molecule has 0 aliphatic heterocycles. The highest BCUT2D eigenvalue weighted by atomic mass is 35.5. The van der Waals surface area contributed by atoms with Gasteiger partial charge in [-0.1, -0.05) is 11.6 Å².